The molecule has 0 radical (unpaired) electrons. The van der Waals surface area contributed by atoms with Crippen molar-refractivity contribution in [2.75, 3.05) is 13.7 Å². The highest BCUT2D eigenvalue weighted by molar-refractivity contribution is 5.66. The molecule has 0 aromatic heterocycles. The molecule has 1 saturated carbocycles. The van der Waals surface area contributed by atoms with Gasteiger partial charge in [0.05, 0.1) is 7.11 Å². The molecule has 0 saturated heterocycles. The Morgan fingerprint density at radius 2 is 2.14 bits per heavy atom. The number of amides is 2. The molecule has 1 rings (SSSR count). The molecule has 1 fully saturated rings. The molecular weight excluding hydrogens is 188 g/mol. The summed E-state index contributed by atoms with van der Waals surface area (Å²) < 4.78 is 9.15. The normalized spacial score (nSPS) is 24.6. The molecule has 0 aromatic rings. The van der Waals surface area contributed by atoms with Crippen LogP contribution in [0.15, 0.2) is 0 Å². The lowest BCUT2D eigenvalue weighted by molar-refractivity contribution is 0.0224. The molecule has 6 nitrogen and oxygen atoms in total. The first-order valence-electron chi connectivity index (χ1n) is 4.39. The Morgan fingerprint density at radius 1 is 1.50 bits per heavy atom. The van der Waals surface area contributed by atoms with Crippen LogP contribution in [-0.4, -0.2) is 31.9 Å². The number of carbonyl (C=O) groups is 2. The van der Waals surface area contributed by atoms with E-state index in [1.807, 2.05) is 0 Å². The highest BCUT2D eigenvalue weighted by Gasteiger charge is 2.31. The molecule has 0 bridgehead atoms. The van der Waals surface area contributed by atoms with Crippen molar-refractivity contribution >= 4 is 12.2 Å². The Labute approximate surface area is 81.7 Å². The quantitative estimate of drug-likeness (QED) is 0.684. The predicted octanol–water partition coefficient (Wildman–Crippen LogP) is 0.216. The van der Waals surface area contributed by atoms with Gasteiger partial charge in [-0.3, -0.25) is 0 Å². The van der Waals surface area contributed by atoms with Crippen molar-refractivity contribution in [3.63, 3.8) is 0 Å². The van der Waals surface area contributed by atoms with Gasteiger partial charge in [-0.2, -0.15) is 0 Å². The summed E-state index contributed by atoms with van der Waals surface area (Å²) in [4.78, 5) is 21.0. The molecule has 80 valence electrons. The van der Waals surface area contributed by atoms with Crippen molar-refractivity contribution in [1.29, 1.82) is 0 Å². The lowest BCUT2D eigenvalue weighted by Crippen LogP contribution is -2.41. The number of rotatable bonds is 3. The number of nitrogens with two attached hydrogens (primary N) is 1. The Hall–Kier alpha value is -1.46. The number of ether oxygens (including phenoxy) is 2. The molecule has 0 heterocycles. The zero-order valence-electron chi connectivity index (χ0n) is 7.99. The van der Waals surface area contributed by atoms with Crippen LogP contribution in [0, 0.1) is 5.92 Å². The monoisotopic (exact) mass is 202 g/mol. The third-order valence-corrected chi connectivity index (χ3v) is 2.20. The van der Waals surface area contributed by atoms with Crippen molar-refractivity contribution in [2.24, 2.45) is 11.7 Å². The van der Waals surface area contributed by atoms with Crippen molar-refractivity contribution < 1.29 is 19.1 Å². The molecule has 0 unspecified atom stereocenters. The number of nitrogens with one attached hydrogen (secondary N) is 1. The van der Waals surface area contributed by atoms with Crippen LogP contribution in [0.1, 0.15) is 12.8 Å². The smallest absolute Gasteiger partial charge is 0.406 e. The molecule has 3 N–H and O–H groups in total. The molecule has 6 heteroatoms. The molecular formula is C8H14N2O4. The summed E-state index contributed by atoms with van der Waals surface area (Å²) in [5.74, 6) is 0.346. The average Bonchev–Trinajstić information content (AvgIpc) is 2.07. The number of alkyl carbamates (subject to hydrolysis) is 1. The fourth-order valence-electron chi connectivity index (χ4n) is 1.40. The molecule has 0 spiro atoms. The van der Waals surface area contributed by atoms with Gasteiger partial charge in [0.15, 0.2) is 0 Å². The Morgan fingerprint density at radius 3 is 2.64 bits per heavy atom. The van der Waals surface area contributed by atoms with E-state index in [9.17, 15) is 9.59 Å². The molecule has 1 aliphatic rings. The largest absolute Gasteiger partial charge is 0.453 e. The maximum Gasteiger partial charge on any atom is 0.406 e. The van der Waals surface area contributed by atoms with Crippen LogP contribution in [0.5, 0.6) is 0 Å². The van der Waals surface area contributed by atoms with Gasteiger partial charge < -0.3 is 20.5 Å². The van der Waals surface area contributed by atoms with E-state index in [0.717, 1.165) is 12.8 Å². The molecule has 0 aromatic carbocycles. The van der Waals surface area contributed by atoms with E-state index in [4.69, 9.17) is 10.5 Å². The van der Waals surface area contributed by atoms with E-state index in [1.54, 1.807) is 0 Å². The fraction of sp³-hybridized carbons (Fsp3) is 0.750. The SMILES string of the molecule is COC(=O)NC[C@H]1C[C@H](OC(N)=O)C1. The summed E-state index contributed by atoms with van der Waals surface area (Å²) >= 11 is 0. The molecule has 2 amide bonds. The van der Waals surface area contributed by atoms with Crippen molar-refractivity contribution in [3.8, 4) is 0 Å². The van der Waals surface area contributed by atoms with Gasteiger partial charge in [-0.1, -0.05) is 0 Å². The minimum atomic E-state index is -0.741. The van der Waals surface area contributed by atoms with Crippen LogP contribution in [0.2, 0.25) is 0 Å². The lowest BCUT2D eigenvalue weighted by Gasteiger charge is -2.33. The third-order valence-electron chi connectivity index (χ3n) is 2.20. The van der Waals surface area contributed by atoms with Crippen LogP contribution in [0.3, 0.4) is 0 Å². The number of primary amides is 1. The van der Waals surface area contributed by atoms with E-state index in [0.29, 0.717) is 12.5 Å². The van der Waals surface area contributed by atoms with Crippen molar-refractivity contribution in [1.82, 2.24) is 5.32 Å². The van der Waals surface area contributed by atoms with Gasteiger partial charge in [-0.25, -0.2) is 9.59 Å². The van der Waals surface area contributed by atoms with Gasteiger partial charge in [0.1, 0.15) is 6.10 Å². The van der Waals surface area contributed by atoms with E-state index in [2.05, 4.69) is 10.1 Å². The summed E-state index contributed by atoms with van der Waals surface area (Å²) in [5.41, 5.74) is 4.84. The highest BCUT2D eigenvalue weighted by atomic mass is 16.6. The topological polar surface area (TPSA) is 90.7 Å². The first-order valence-corrected chi connectivity index (χ1v) is 4.39. The number of carbonyl (C=O) groups excluding carboxylic acids is 2. The van der Waals surface area contributed by atoms with Crippen molar-refractivity contribution in [3.05, 3.63) is 0 Å². The van der Waals surface area contributed by atoms with Gasteiger partial charge in [-0.15, -0.1) is 0 Å². The maximum atomic E-state index is 10.7. The van der Waals surface area contributed by atoms with Crippen LogP contribution in [0.25, 0.3) is 0 Å². The second kappa shape index (κ2) is 4.69. The van der Waals surface area contributed by atoms with Crippen LogP contribution >= 0.6 is 0 Å². The maximum absolute atomic E-state index is 10.7. The standard InChI is InChI=1S/C8H14N2O4/c1-13-8(12)10-4-5-2-6(3-5)14-7(9)11/h5-6H,2-4H2,1H3,(H2,9,11)(H,10,12)/t5-,6-. The number of methoxy groups -OCH3 is 1. The van der Waals surface area contributed by atoms with Crippen LogP contribution in [-0.2, 0) is 9.47 Å². The summed E-state index contributed by atoms with van der Waals surface area (Å²) in [5, 5.41) is 2.58. The fourth-order valence-corrected chi connectivity index (χ4v) is 1.40. The van der Waals surface area contributed by atoms with Crippen molar-refractivity contribution in [2.45, 2.75) is 18.9 Å². The van der Waals surface area contributed by atoms with E-state index in [-0.39, 0.29) is 6.10 Å². The molecule has 1 aliphatic carbocycles. The summed E-state index contributed by atoms with van der Waals surface area (Å²) in [6, 6.07) is 0. The van der Waals surface area contributed by atoms with E-state index in [1.165, 1.54) is 7.11 Å². The second-order valence-corrected chi connectivity index (χ2v) is 3.27. The summed E-state index contributed by atoms with van der Waals surface area (Å²) in [6.07, 6.45) is 0.218. The van der Waals surface area contributed by atoms with Gasteiger partial charge in [0.2, 0.25) is 0 Å². The number of hydrogen-bond acceptors (Lipinski definition) is 4. The average molecular weight is 202 g/mol. The minimum absolute atomic E-state index is 0.0862. The Bertz CT molecular complexity index is 225. The molecule has 14 heavy (non-hydrogen) atoms. The number of hydrogen-bond donors (Lipinski definition) is 2. The van der Waals surface area contributed by atoms with Gasteiger partial charge in [-0.05, 0) is 18.8 Å². The lowest BCUT2D eigenvalue weighted by atomic mass is 9.82. The van der Waals surface area contributed by atoms with Gasteiger partial charge in [0, 0.05) is 6.54 Å². The predicted molar refractivity (Wildman–Crippen MR) is 47.6 cm³/mol. The zero-order chi connectivity index (χ0) is 10.6. The van der Waals surface area contributed by atoms with E-state index < -0.39 is 12.2 Å². The zero-order valence-corrected chi connectivity index (χ0v) is 7.99. The first kappa shape index (κ1) is 10.6. The minimum Gasteiger partial charge on any atom is -0.453 e. The Kier molecular flexibility index (Phi) is 3.55. The van der Waals surface area contributed by atoms with Gasteiger partial charge in [0.25, 0.3) is 0 Å². The van der Waals surface area contributed by atoms with Crippen LogP contribution in [0.4, 0.5) is 9.59 Å². The third kappa shape index (κ3) is 3.12. The molecule has 0 aliphatic heterocycles. The summed E-state index contributed by atoms with van der Waals surface area (Å²) in [6.45, 7) is 0.547. The summed E-state index contributed by atoms with van der Waals surface area (Å²) in [7, 11) is 1.31. The van der Waals surface area contributed by atoms with E-state index >= 15 is 0 Å². The molecule has 0 atom stereocenters. The Balaban J connectivity index is 2.04. The second-order valence-electron chi connectivity index (χ2n) is 3.27. The first-order chi connectivity index (χ1) is 6.61. The van der Waals surface area contributed by atoms with Crippen LogP contribution < -0.4 is 11.1 Å². The highest BCUT2D eigenvalue weighted by Crippen LogP contribution is 2.29. The van der Waals surface area contributed by atoms with Gasteiger partial charge >= 0.3 is 12.2 Å².